The molecule has 0 amide bonds. The van der Waals surface area contributed by atoms with Gasteiger partial charge < -0.3 is 26.2 Å². The molecule has 0 saturated carbocycles. The summed E-state index contributed by atoms with van der Waals surface area (Å²) in [6.07, 6.45) is -3.18. The Morgan fingerprint density at radius 3 is 2.00 bits per heavy atom. The van der Waals surface area contributed by atoms with Gasteiger partial charge in [0.1, 0.15) is 0 Å². The van der Waals surface area contributed by atoms with Gasteiger partial charge in [-0.25, -0.2) is 0 Å². The fourth-order valence-electron chi connectivity index (χ4n) is 0.884. The highest BCUT2D eigenvalue weighted by Crippen LogP contribution is 2.11. The molecule has 0 fully saturated rings. The quantitative estimate of drug-likeness (QED) is 0.325. The van der Waals surface area contributed by atoms with Gasteiger partial charge in [-0.05, 0) is 0 Å². The van der Waals surface area contributed by atoms with E-state index in [1.807, 2.05) is 0 Å². The molecule has 0 aromatic carbocycles. The molecule has 4 atom stereocenters. The Labute approximate surface area is 71.4 Å². The molecule has 0 aliphatic rings. The van der Waals surface area contributed by atoms with Gasteiger partial charge in [0.25, 0.3) is 0 Å². The van der Waals surface area contributed by atoms with E-state index in [0.717, 1.165) is 0 Å². The molecule has 0 saturated heterocycles. The molecule has 0 aliphatic heterocycles. The van der Waals surface area contributed by atoms with Crippen LogP contribution in [0.5, 0.6) is 0 Å². The number of rotatable bonds is 5. The zero-order valence-electron chi connectivity index (χ0n) is 7.09. The lowest BCUT2D eigenvalue weighted by Crippen LogP contribution is -2.43. The van der Waals surface area contributed by atoms with Crippen molar-refractivity contribution < 1.29 is 20.4 Å². The summed E-state index contributed by atoms with van der Waals surface area (Å²) in [5.74, 6) is -0.589. The summed E-state index contributed by atoms with van der Waals surface area (Å²) in [4.78, 5) is 0. The molecule has 0 heterocycles. The molecule has 0 aromatic heterocycles. The molecular formula is C7H17NO4. The zero-order chi connectivity index (χ0) is 9.72. The van der Waals surface area contributed by atoms with Crippen LogP contribution in [-0.2, 0) is 0 Å². The van der Waals surface area contributed by atoms with Gasteiger partial charge in [-0.2, -0.15) is 0 Å². The second-order valence-corrected chi connectivity index (χ2v) is 2.90. The number of nitrogens with two attached hydrogens (primary N) is 1. The maximum absolute atomic E-state index is 9.29. The van der Waals surface area contributed by atoms with Crippen LogP contribution in [0.15, 0.2) is 0 Å². The zero-order valence-corrected chi connectivity index (χ0v) is 7.09. The minimum Gasteiger partial charge on any atom is -0.394 e. The first-order valence-corrected chi connectivity index (χ1v) is 3.89. The van der Waals surface area contributed by atoms with Crippen LogP contribution >= 0.6 is 0 Å². The van der Waals surface area contributed by atoms with Crippen molar-refractivity contribution in [3.05, 3.63) is 0 Å². The molecule has 5 heteroatoms. The van der Waals surface area contributed by atoms with Crippen molar-refractivity contribution in [2.24, 2.45) is 11.7 Å². The number of aliphatic hydroxyl groups is 4. The van der Waals surface area contributed by atoms with Crippen molar-refractivity contribution in [3.8, 4) is 0 Å². The van der Waals surface area contributed by atoms with Gasteiger partial charge >= 0.3 is 0 Å². The van der Waals surface area contributed by atoms with Gasteiger partial charge in [0.2, 0.25) is 0 Å². The topological polar surface area (TPSA) is 107 Å². The average molecular weight is 179 g/mol. The van der Waals surface area contributed by atoms with E-state index in [9.17, 15) is 5.11 Å². The Morgan fingerprint density at radius 2 is 1.67 bits per heavy atom. The van der Waals surface area contributed by atoms with Crippen molar-refractivity contribution >= 4 is 0 Å². The minimum absolute atomic E-state index is 0.0658. The highest BCUT2D eigenvalue weighted by Gasteiger charge is 2.26. The van der Waals surface area contributed by atoms with Gasteiger partial charge in [-0.1, -0.05) is 6.92 Å². The third-order valence-electron chi connectivity index (χ3n) is 1.97. The summed E-state index contributed by atoms with van der Waals surface area (Å²) >= 11 is 0. The molecule has 6 N–H and O–H groups in total. The van der Waals surface area contributed by atoms with E-state index in [1.165, 1.54) is 6.92 Å². The fraction of sp³-hybridized carbons (Fsp3) is 1.00. The van der Waals surface area contributed by atoms with Crippen LogP contribution in [0.1, 0.15) is 6.92 Å². The summed E-state index contributed by atoms with van der Waals surface area (Å²) in [5.41, 5.74) is 5.10. The van der Waals surface area contributed by atoms with Crippen LogP contribution in [0.25, 0.3) is 0 Å². The summed E-state index contributed by atoms with van der Waals surface area (Å²) < 4.78 is 0. The Morgan fingerprint density at radius 1 is 1.17 bits per heavy atom. The second kappa shape index (κ2) is 5.45. The second-order valence-electron chi connectivity index (χ2n) is 2.90. The summed E-state index contributed by atoms with van der Waals surface area (Å²) in [6.45, 7) is 1.03. The maximum atomic E-state index is 9.29. The highest BCUT2D eigenvalue weighted by atomic mass is 16.3. The van der Waals surface area contributed by atoms with E-state index in [1.54, 1.807) is 0 Å². The van der Waals surface area contributed by atoms with Crippen molar-refractivity contribution in [1.29, 1.82) is 0 Å². The van der Waals surface area contributed by atoms with Gasteiger partial charge in [-0.3, -0.25) is 0 Å². The van der Waals surface area contributed by atoms with E-state index >= 15 is 0 Å². The first kappa shape index (κ1) is 11.8. The lowest BCUT2D eigenvalue weighted by Gasteiger charge is -2.25. The van der Waals surface area contributed by atoms with E-state index in [0.29, 0.717) is 0 Å². The van der Waals surface area contributed by atoms with Gasteiger partial charge in [0, 0.05) is 12.5 Å². The minimum atomic E-state index is -1.10. The summed E-state index contributed by atoms with van der Waals surface area (Å²) in [7, 11) is 0. The normalized spacial score (nSPS) is 21.5. The largest absolute Gasteiger partial charge is 0.394 e. The molecule has 5 nitrogen and oxygen atoms in total. The molecule has 0 aromatic rings. The van der Waals surface area contributed by atoms with Crippen LogP contribution in [0.2, 0.25) is 0 Å². The van der Waals surface area contributed by atoms with E-state index in [-0.39, 0.29) is 6.54 Å². The standard InChI is InChI=1S/C7H17NO4/c1-4(6(11)3-9)7(12)5(10)2-8/h4-7,9-12H,2-3,8H2,1H3/t4-,5?,6?,7-/m1/s1. The smallest absolute Gasteiger partial charge is 0.0924 e. The molecule has 0 spiro atoms. The van der Waals surface area contributed by atoms with Gasteiger partial charge in [-0.15, -0.1) is 0 Å². The molecule has 12 heavy (non-hydrogen) atoms. The predicted molar refractivity (Wildman–Crippen MR) is 43.3 cm³/mol. The Balaban J connectivity index is 3.99. The monoisotopic (exact) mass is 179 g/mol. The molecular weight excluding hydrogens is 162 g/mol. The van der Waals surface area contributed by atoms with Crippen molar-refractivity contribution in [2.45, 2.75) is 25.2 Å². The molecule has 2 unspecified atom stereocenters. The average Bonchev–Trinajstić information content (AvgIpc) is 2.12. The fourth-order valence-corrected chi connectivity index (χ4v) is 0.884. The highest BCUT2D eigenvalue weighted by molar-refractivity contribution is 4.78. The van der Waals surface area contributed by atoms with E-state index in [2.05, 4.69) is 0 Å². The van der Waals surface area contributed by atoms with Crippen LogP contribution in [0, 0.1) is 5.92 Å². The summed E-state index contributed by atoms with van der Waals surface area (Å²) in [6, 6.07) is 0. The van der Waals surface area contributed by atoms with Crippen LogP contribution < -0.4 is 5.73 Å². The lowest BCUT2D eigenvalue weighted by molar-refractivity contribution is -0.0601. The summed E-state index contributed by atoms with van der Waals surface area (Å²) in [5, 5.41) is 36.0. The number of hydrogen-bond donors (Lipinski definition) is 5. The molecule has 0 rings (SSSR count). The Bertz CT molecular complexity index is 108. The molecule has 0 bridgehead atoms. The lowest BCUT2D eigenvalue weighted by atomic mass is 9.94. The van der Waals surface area contributed by atoms with Crippen molar-refractivity contribution in [3.63, 3.8) is 0 Å². The van der Waals surface area contributed by atoms with Gasteiger partial charge in [0.05, 0.1) is 24.9 Å². The maximum Gasteiger partial charge on any atom is 0.0924 e. The predicted octanol–water partition coefficient (Wildman–Crippen LogP) is -2.34. The molecule has 0 radical (unpaired) electrons. The van der Waals surface area contributed by atoms with E-state index < -0.39 is 30.8 Å². The SMILES string of the molecule is C[C@H](C(O)CO)[C@@H](O)C(O)CN. The third kappa shape index (κ3) is 3.04. The first-order chi connectivity index (χ1) is 5.54. The third-order valence-corrected chi connectivity index (χ3v) is 1.97. The van der Waals surface area contributed by atoms with Crippen molar-refractivity contribution in [2.75, 3.05) is 13.2 Å². The van der Waals surface area contributed by atoms with Crippen molar-refractivity contribution in [1.82, 2.24) is 0 Å². The Hall–Kier alpha value is -0.200. The van der Waals surface area contributed by atoms with Crippen LogP contribution in [-0.4, -0.2) is 51.9 Å². The van der Waals surface area contributed by atoms with E-state index in [4.69, 9.17) is 21.1 Å². The number of hydrogen-bond acceptors (Lipinski definition) is 5. The van der Waals surface area contributed by atoms with Crippen LogP contribution in [0.3, 0.4) is 0 Å². The number of aliphatic hydroxyl groups excluding tert-OH is 4. The van der Waals surface area contributed by atoms with Gasteiger partial charge in [0.15, 0.2) is 0 Å². The molecule has 74 valence electrons. The molecule has 0 aliphatic carbocycles. The van der Waals surface area contributed by atoms with Crippen LogP contribution in [0.4, 0.5) is 0 Å². The first-order valence-electron chi connectivity index (χ1n) is 3.89. The Kier molecular flexibility index (Phi) is 5.36.